The predicted octanol–water partition coefficient (Wildman–Crippen LogP) is 2.70. The fourth-order valence-electron chi connectivity index (χ4n) is 1.59. The lowest BCUT2D eigenvalue weighted by Gasteiger charge is -2.28. The van der Waals surface area contributed by atoms with Crippen molar-refractivity contribution in [3.8, 4) is 0 Å². The maximum absolute atomic E-state index is 11.9. The molecule has 2 atom stereocenters. The zero-order chi connectivity index (χ0) is 12.6. The Labute approximate surface area is 104 Å². The van der Waals surface area contributed by atoms with E-state index >= 15 is 0 Å². The van der Waals surface area contributed by atoms with Crippen molar-refractivity contribution >= 4 is 16.2 Å². The van der Waals surface area contributed by atoms with Crippen molar-refractivity contribution in [3.63, 3.8) is 0 Å². The van der Waals surface area contributed by atoms with E-state index < -0.39 is 0 Å². The molecule has 16 heavy (non-hydrogen) atoms. The van der Waals surface area contributed by atoms with Crippen molar-refractivity contribution in [1.29, 1.82) is 0 Å². The van der Waals surface area contributed by atoms with Crippen LogP contribution in [0.1, 0.15) is 59.8 Å². The summed E-state index contributed by atoms with van der Waals surface area (Å²) in [5, 5.41) is -0.209. The molecule has 3 heteroatoms. The van der Waals surface area contributed by atoms with E-state index in [1.54, 1.807) is 0 Å². The first-order valence-corrected chi connectivity index (χ1v) is 7.64. The van der Waals surface area contributed by atoms with Crippen LogP contribution < -0.4 is 0 Å². The van der Waals surface area contributed by atoms with Gasteiger partial charge in [0.2, 0.25) is 0 Å². The van der Waals surface area contributed by atoms with Crippen LogP contribution in [0.5, 0.6) is 0 Å². The third kappa shape index (κ3) is 5.15. The van der Waals surface area contributed by atoms with Crippen LogP contribution in [-0.4, -0.2) is 22.8 Å². The molecule has 0 aliphatic carbocycles. The molecular formula is C13H28O2Si. The van der Waals surface area contributed by atoms with Crippen LogP contribution in [0.3, 0.4) is 0 Å². The predicted molar refractivity (Wildman–Crippen MR) is 72.9 cm³/mol. The number of rotatable bonds is 8. The lowest BCUT2D eigenvalue weighted by molar-refractivity contribution is -0.148. The number of ether oxygens (including phenoxy) is 1. The van der Waals surface area contributed by atoms with Crippen molar-refractivity contribution < 1.29 is 9.53 Å². The van der Waals surface area contributed by atoms with E-state index in [2.05, 4.69) is 20.8 Å². The smallest absolute Gasteiger partial charge is 0.308 e. The number of carbonyl (C=O) groups is 1. The zero-order valence-corrected chi connectivity index (χ0v) is 13.6. The van der Waals surface area contributed by atoms with Crippen LogP contribution in [0.4, 0.5) is 0 Å². The Morgan fingerprint density at radius 3 is 2.44 bits per heavy atom. The summed E-state index contributed by atoms with van der Waals surface area (Å²) in [7, 11) is 0.871. The summed E-state index contributed by atoms with van der Waals surface area (Å²) in [5.41, 5.74) is 0. The van der Waals surface area contributed by atoms with Gasteiger partial charge in [-0.25, -0.2) is 0 Å². The summed E-state index contributed by atoms with van der Waals surface area (Å²) >= 11 is 0. The highest BCUT2D eigenvalue weighted by Crippen LogP contribution is 2.34. The van der Waals surface area contributed by atoms with E-state index in [1.165, 1.54) is 19.3 Å². The molecule has 0 heterocycles. The second-order valence-corrected chi connectivity index (χ2v) is 7.30. The maximum Gasteiger partial charge on any atom is 0.308 e. The van der Waals surface area contributed by atoms with Gasteiger partial charge in [0.25, 0.3) is 0 Å². The van der Waals surface area contributed by atoms with Gasteiger partial charge >= 0.3 is 5.97 Å². The Balaban J connectivity index is 3.87. The third-order valence-electron chi connectivity index (χ3n) is 3.60. The number of carbonyl (C=O) groups excluding carboxylic acids is 1. The molecular weight excluding hydrogens is 216 g/mol. The first-order chi connectivity index (χ1) is 7.46. The summed E-state index contributed by atoms with van der Waals surface area (Å²) in [5.74, 6) is 0.451. The SMILES string of the molecule is CCCCCCOC(=O)C(C)([SiH3])C(C)CC. The largest absolute Gasteiger partial charge is 0.466 e. The Morgan fingerprint density at radius 2 is 1.94 bits per heavy atom. The van der Waals surface area contributed by atoms with Crippen molar-refractivity contribution in [2.24, 2.45) is 5.92 Å². The molecule has 2 nitrogen and oxygen atoms in total. The fourth-order valence-corrected chi connectivity index (χ4v) is 2.14. The monoisotopic (exact) mass is 244 g/mol. The highest BCUT2D eigenvalue weighted by molar-refractivity contribution is 6.26. The number of hydrogen-bond donors (Lipinski definition) is 0. The molecule has 0 amide bonds. The molecule has 0 aromatic rings. The van der Waals surface area contributed by atoms with Crippen molar-refractivity contribution in [3.05, 3.63) is 0 Å². The summed E-state index contributed by atoms with van der Waals surface area (Å²) in [6, 6.07) is 0. The summed E-state index contributed by atoms with van der Waals surface area (Å²) in [4.78, 5) is 11.9. The minimum atomic E-state index is -0.209. The van der Waals surface area contributed by atoms with E-state index in [4.69, 9.17) is 4.74 Å². The van der Waals surface area contributed by atoms with Gasteiger partial charge in [0, 0.05) is 10.2 Å². The Kier molecular flexibility index (Phi) is 7.72. The van der Waals surface area contributed by atoms with Gasteiger partial charge in [-0.2, -0.15) is 0 Å². The van der Waals surface area contributed by atoms with Gasteiger partial charge < -0.3 is 4.74 Å². The number of esters is 1. The molecule has 0 aliphatic heterocycles. The van der Waals surface area contributed by atoms with Crippen LogP contribution in [0.15, 0.2) is 0 Å². The zero-order valence-electron chi connectivity index (χ0n) is 11.6. The van der Waals surface area contributed by atoms with Crippen LogP contribution in [0.2, 0.25) is 5.04 Å². The van der Waals surface area contributed by atoms with Crippen LogP contribution in [0.25, 0.3) is 0 Å². The molecule has 0 bridgehead atoms. The van der Waals surface area contributed by atoms with Crippen molar-refractivity contribution in [2.45, 2.75) is 64.8 Å². The van der Waals surface area contributed by atoms with Crippen molar-refractivity contribution in [2.75, 3.05) is 6.61 Å². The van der Waals surface area contributed by atoms with E-state index in [0.717, 1.165) is 23.1 Å². The van der Waals surface area contributed by atoms with Gasteiger partial charge in [-0.1, -0.05) is 53.4 Å². The Hall–Kier alpha value is -0.313. The molecule has 0 aliphatic rings. The maximum atomic E-state index is 11.9. The lowest BCUT2D eigenvalue weighted by Crippen LogP contribution is -2.30. The lowest BCUT2D eigenvalue weighted by atomic mass is 9.92. The standard InChI is InChI=1S/C13H28O2Si/c1-5-7-8-9-10-15-12(14)13(4,16)11(3)6-2/h11H,5-10H2,1-4,16H3. The van der Waals surface area contributed by atoms with Crippen LogP contribution in [0, 0.1) is 5.92 Å². The van der Waals surface area contributed by atoms with Gasteiger partial charge in [0.15, 0.2) is 0 Å². The van der Waals surface area contributed by atoms with Gasteiger partial charge in [-0.15, -0.1) is 0 Å². The molecule has 96 valence electrons. The second-order valence-electron chi connectivity index (χ2n) is 5.23. The van der Waals surface area contributed by atoms with Crippen LogP contribution >= 0.6 is 0 Å². The van der Waals surface area contributed by atoms with Crippen LogP contribution in [-0.2, 0) is 9.53 Å². The minimum Gasteiger partial charge on any atom is -0.466 e. The number of unbranched alkanes of at least 4 members (excludes halogenated alkanes) is 3. The van der Waals surface area contributed by atoms with E-state index in [-0.39, 0.29) is 11.0 Å². The number of hydrogen-bond acceptors (Lipinski definition) is 2. The Bertz CT molecular complexity index is 202. The molecule has 0 aromatic heterocycles. The average Bonchev–Trinajstić information content (AvgIpc) is 2.27. The highest BCUT2D eigenvalue weighted by Gasteiger charge is 2.34. The molecule has 0 fully saturated rings. The molecule has 0 saturated heterocycles. The molecule has 0 N–H and O–H groups in total. The van der Waals surface area contributed by atoms with Gasteiger partial charge in [-0.05, 0) is 12.3 Å². The van der Waals surface area contributed by atoms with Gasteiger partial charge in [-0.3, -0.25) is 4.79 Å². The average molecular weight is 244 g/mol. The fraction of sp³-hybridized carbons (Fsp3) is 0.923. The Morgan fingerprint density at radius 1 is 1.31 bits per heavy atom. The third-order valence-corrected chi connectivity index (χ3v) is 5.00. The van der Waals surface area contributed by atoms with Gasteiger partial charge in [0.1, 0.15) is 0 Å². The highest BCUT2D eigenvalue weighted by atomic mass is 28.1. The first kappa shape index (κ1) is 15.7. The quantitative estimate of drug-likeness (QED) is 0.373. The molecule has 2 unspecified atom stereocenters. The normalized spacial score (nSPS) is 16.8. The topological polar surface area (TPSA) is 26.3 Å². The molecule has 0 rings (SSSR count). The summed E-state index contributed by atoms with van der Waals surface area (Å²) < 4.78 is 5.37. The molecule has 0 radical (unpaired) electrons. The second kappa shape index (κ2) is 7.88. The van der Waals surface area contributed by atoms with E-state index in [1.807, 2.05) is 6.92 Å². The first-order valence-electron chi connectivity index (χ1n) is 6.64. The molecule has 0 spiro atoms. The minimum absolute atomic E-state index is 0.0185. The molecule has 0 saturated carbocycles. The van der Waals surface area contributed by atoms with Gasteiger partial charge in [0.05, 0.1) is 11.6 Å². The summed E-state index contributed by atoms with van der Waals surface area (Å²) in [6.45, 7) is 9.11. The molecule has 0 aromatic carbocycles. The van der Waals surface area contributed by atoms with E-state index in [0.29, 0.717) is 12.5 Å². The van der Waals surface area contributed by atoms with Crippen molar-refractivity contribution in [1.82, 2.24) is 0 Å². The summed E-state index contributed by atoms with van der Waals surface area (Å²) in [6.07, 6.45) is 5.69. The van der Waals surface area contributed by atoms with E-state index in [9.17, 15) is 4.79 Å².